The van der Waals surface area contributed by atoms with E-state index in [1.54, 1.807) is 0 Å². The lowest BCUT2D eigenvalue weighted by Gasteiger charge is -2.37. The number of hydrogen-bond donors (Lipinski definition) is 0. The van der Waals surface area contributed by atoms with Crippen molar-refractivity contribution in [3.63, 3.8) is 0 Å². The highest BCUT2D eigenvalue weighted by Crippen LogP contribution is 2.38. The van der Waals surface area contributed by atoms with Gasteiger partial charge in [0.15, 0.2) is 0 Å². The molecule has 2 saturated heterocycles. The summed E-state index contributed by atoms with van der Waals surface area (Å²) in [5.74, 6) is 1.94. The zero-order chi connectivity index (χ0) is 13.1. The molecular formula is C17H25NO. The Bertz CT molecular complexity index is 378. The second-order valence-corrected chi connectivity index (χ2v) is 6.21. The van der Waals surface area contributed by atoms with Gasteiger partial charge in [0.2, 0.25) is 0 Å². The van der Waals surface area contributed by atoms with Crippen LogP contribution in [0.15, 0.2) is 30.3 Å². The number of piperidine rings is 1. The zero-order valence-corrected chi connectivity index (χ0v) is 11.9. The predicted molar refractivity (Wildman–Crippen MR) is 78.5 cm³/mol. The third-order valence-electron chi connectivity index (χ3n) is 4.69. The van der Waals surface area contributed by atoms with Gasteiger partial charge in [-0.1, -0.05) is 25.1 Å². The summed E-state index contributed by atoms with van der Waals surface area (Å²) in [6, 6.07) is 11.9. The smallest absolute Gasteiger partial charge is 0.119 e. The van der Waals surface area contributed by atoms with Crippen LogP contribution < -0.4 is 4.74 Å². The fraction of sp³-hybridized carbons (Fsp3) is 0.647. The van der Waals surface area contributed by atoms with E-state index in [9.17, 15) is 0 Å². The Morgan fingerprint density at radius 3 is 2.47 bits per heavy atom. The number of ether oxygens (including phenoxy) is 1. The Labute approximate surface area is 116 Å². The van der Waals surface area contributed by atoms with E-state index in [4.69, 9.17) is 4.74 Å². The van der Waals surface area contributed by atoms with Crippen molar-refractivity contribution in [2.75, 3.05) is 13.2 Å². The number of hydrogen-bond acceptors (Lipinski definition) is 2. The largest absolute Gasteiger partial charge is 0.494 e. The van der Waals surface area contributed by atoms with Crippen LogP contribution in [-0.4, -0.2) is 30.1 Å². The van der Waals surface area contributed by atoms with Gasteiger partial charge < -0.3 is 4.74 Å². The van der Waals surface area contributed by atoms with E-state index in [1.165, 1.54) is 32.2 Å². The molecule has 0 radical (unpaired) electrons. The molecule has 1 aromatic carbocycles. The Kier molecular flexibility index (Phi) is 4.07. The number of benzene rings is 1. The molecule has 3 rings (SSSR count). The molecule has 2 aliphatic heterocycles. The zero-order valence-electron chi connectivity index (χ0n) is 11.9. The molecule has 0 spiro atoms. The maximum absolute atomic E-state index is 5.78. The minimum absolute atomic E-state index is 0.843. The molecule has 0 aliphatic carbocycles. The molecule has 1 aromatic rings. The van der Waals surface area contributed by atoms with Gasteiger partial charge in [-0.05, 0) is 50.2 Å². The molecule has 2 aliphatic rings. The highest BCUT2D eigenvalue weighted by molar-refractivity contribution is 5.20. The van der Waals surface area contributed by atoms with E-state index in [2.05, 4.69) is 11.8 Å². The molecule has 2 heterocycles. The van der Waals surface area contributed by atoms with Crippen LogP contribution in [0.25, 0.3) is 0 Å². The van der Waals surface area contributed by atoms with Crippen LogP contribution in [0.3, 0.4) is 0 Å². The molecule has 2 nitrogen and oxygen atoms in total. The van der Waals surface area contributed by atoms with Crippen molar-refractivity contribution < 1.29 is 4.74 Å². The maximum Gasteiger partial charge on any atom is 0.119 e. The number of fused-ring (bicyclic) bond motifs is 2. The van der Waals surface area contributed by atoms with Gasteiger partial charge >= 0.3 is 0 Å². The summed E-state index contributed by atoms with van der Waals surface area (Å²) in [6.07, 6.45) is 6.82. The molecule has 2 heteroatoms. The van der Waals surface area contributed by atoms with E-state index < -0.39 is 0 Å². The quantitative estimate of drug-likeness (QED) is 0.747. The molecule has 0 aromatic heterocycles. The molecule has 0 amide bonds. The number of para-hydroxylation sites is 1. The average Bonchev–Trinajstić information content (AvgIpc) is 2.67. The summed E-state index contributed by atoms with van der Waals surface area (Å²) in [6.45, 7) is 4.48. The van der Waals surface area contributed by atoms with E-state index in [0.29, 0.717) is 0 Å². The van der Waals surface area contributed by atoms with Crippen molar-refractivity contribution in [1.29, 1.82) is 0 Å². The van der Waals surface area contributed by atoms with Gasteiger partial charge in [0.05, 0.1) is 6.61 Å². The normalized spacial score (nSPS) is 30.5. The fourth-order valence-corrected chi connectivity index (χ4v) is 3.87. The molecule has 2 unspecified atom stereocenters. The summed E-state index contributed by atoms with van der Waals surface area (Å²) < 4.78 is 5.78. The summed E-state index contributed by atoms with van der Waals surface area (Å²) in [5, 5.41) is 0. The Morgan fingerprint density at radius 1 is 1.11 bits per heavy atom. The lowest BCUT2D eigenvalue weighted by Crippen LogP contribution is -2.43. The molecule has 2 atom stereocenters. The number of rotatable bonds is 5. The Morgan fingerprint density at radius 2 is 1.79 bits per heavy atom. The first kappa shape index (κ1) is 13.0. The van der Waals surface area contributed by atoms with Gasteiger partial charge in [0.1, 0.15) is 5.75 Å². The standard InChI is InChI=1S/C17H25NO/c1-14-12-15-8-9-16(13-14)18(15)10-5-11-19-17-6-3-2-4-7-17/h2-4,6-7,14-16H,5,8-13H2,1H3. The van der Waals surface area contributed by atoms with Crippen LogP contribution in [0.4, 0.5) is 0 Å². The van der Waals surface area contributed by atoms with E-state index in [1.807, 2.05) is 30.3 Å². The Balaban J connectivity index is 1.41. The summed E-state index contributed by atoms with van der Waals surface area (Å²) in [5.41, 5.74) is 0. The predicted octanol–water partition coefficient (Wildman–Crippen LogP) is 3.72. The lowest BCUT2D eigenvalue weighted by molar-refractivity contribution is 0.103. The molecule has 19 heavy (non-hydrogen) atoms. The molecule has 2 bridgehead atoms. The highest BCUT2D eigenvalue weighted by Gasteiger charge is 2.38. The first-order valence-corrected chi connectivity index (χ1v) is 7.76. The van der Waals surface area contributed by atoms with Gasteiger partial charge in [0, 0.05) is 18.6 Å². The van der Waals surface area contributed by atoms with Gasteiger partial charge in [-0.25, -0.2) is 0 Å². The first-order chi connectivity index (χ1) is 9.33. The fourth-order valence-electron chi connectivity index (χ4n) is 3.87. The van der Waals surface area contributed by atoms with Gasteiger partial charge in [-0.3, -0.25) is 4.90 Å². The summed E-state index contributed by atoms with van der Waals surface area (Å²) in [7, 11) is 0. The van der Waals surface area contributed by atoms with Gasteiger partial charge in [-0.2, -0.15) is 0 Å². The van der Waals surface area contributed by atoms with Crippen molar-refractivity contribution in [2.24, 2.45) is 5.92 Å². The van der Waals surface area contributed by atoms with Crippen LogP contribution in [0.2, 0.25) is 0 Å². The molecule has 0 saturated carbocycles. The summed E-state index contributed by atoms with van der Waals surface area (Å²) >= 11 is 0. The lowest BCUT2D eigenvalue weighted by atomic mass is 9.92. The van der Waals surface area contributed by atoms with Crippen molar-refractivity contribution in [1.82, 2.24) is 4.90 Å². The van der Waals surface area contributed by atoms with E-state index in [0.717, 1.165) is 36.8 Å². The first-order valence-electron chi connectivity index (χ1n) is 7.76. The monoisotopic (exact) mass is 259 g/mol. The Hall–Kier alpha value is -1.02. The average molecular weight is 259 g/mol. The second-order valence-electron chi connectivity index (χ2n) is 6.21. The molecule has 2 fully saturated rings. The third kappa shape index (κ3) is 3.11. The van der Waals surface area contributed by atoms with Gasteiger partial charge in [-0.15, -0.1) is 0 Å². The maximum atomic E-state index is 5.78. The molecule has 104 valence electrons. The van der Waals surface area contributed by atoms with Crippen molar-refractivity contribution >= 4 is 0 Å². The minimum Gasteiger partial charge on any atom is -0.494 e. The van der Waals surface area contributed by atoms with Crippen molar-refractivity contribution in [3.8, 4) is 5.75 Å². The van der Waals surface area contributed by atoms with Crippen molar-refractivity contribution in [2.45, 2.75) is 51.1 Å². The van der Waals surface area contributed by atoms with E-state index in [-0.39, 0.29) is 0 Å². The van der Waals surface area contributed by atoms with Crippen LogP contribution in [0, 0.1) is 5.92 Å². The second kappa shape index (κ2) is 5.96. The van der Waals surface area contributed by atoms with Crippen molar-refractivity contribution in [3.05, 3.63) is 30.3 Å². The van der Waals surface area contributed by atoms with Crippen LogP contribution in [0.5, 0.6) is 5.75 Å². The van der Waals surface area contributed by atoms with Gasteiger partial charge in [0.25, 0.3) is 0 Å². The SMILES string of the molecule is CC1CC2CCC(C1)N2CCCOc1ccccc1. The van der Waals surface area contributed by atoms with E-state index >= 15 is 0 Å². The molecule has 0 N–H and O–H groups in total. The highest BCUT2D eigenvalue weighted by atomic mass is 16.5. The minimum atomic E-state index is 0.843. The summed E-state index contributed by atoms with van der Waals surface area (Å²) in [4.78, 5) is 2.76. The number of nitrogens with zero attached hydrogens (tertiary/aromatic N) is 1. The topological polar surface area (TPSA) is 12.5 Å². The van der Waals surface area contributed by atoms with Crippen LogP contribution in [0.1, 0.15) is 39.0 Å². The molecular weight excluding hydrogens is 234 g/mol. The van der Waals surface area contributed by atoms with Crippen LogP contribution >= 0.6 is 0 Å². The third-order valence-corrected chi connectivity index (χ3v) is 4.69. The van der Waals surface area contributed by atoms with Crippen LogP contribution in [-0.2, 0) is 0 Å².